The molecule has 0 aliphatic heterocycles. The molecule has 0 radical (unpaired) electrons. The van der Waals surface area contributed by atoms with Gasteiger partial charge in [0.15, 0.2) is 0 Å². The summed E-state index contributed by atoms with van der Waals surface area (Å²) in [5.74, 6) is 0.593. The van der Waals surface area contributed by atoms with Crippen molar-refractivity contribution >= 4 is 39.1 Å². The third kappa shape index (κ3) is 5.46. The maximum absolute atomic E-state index is 12.9. The van der Waals surface area contributed by atoms with Crippen molar-refractivity contribution in [3.63, 3.8) is 0 Å². The summed E-state index contributed by atoms with van der Waals surface area (Å²) in [6, 6.07) is 22.8. The molecule has 1 aromatic heterocycles. The highest BCUT2D eigenvalue weighted by Gasteiger charge is 2.16. The summed E-state index contributed by atoms with van der Waals surface area (Å²) < 4.78 is 8.60. The van der Waals surface area contributed by atoms with Crippen LogP contribution in [0.25, 0.3) is 0 Å². The predicted octanol–water partition coefficient (Wildman–Crippen LogP) is 6.80. The van der Waals surface area contributed by atoms with Crippen LogP contribution < -0.4 is 10.1 Å². The number of hydrogen-bond donors (Lipinski definition) is 1. The maximum Gasteiger partial charge on any atom is 0.255 e. The van der Waals surface area contributed by atoms with Crippen LogP contribution in [0.4, 0.5) is 5.69 Å². The SMILES string of the molecule is Cc1nn(Cc2ccccc2Cl)c(C)c1NC(=O)c1ccc(COc2ccccc2Br)cc1. The predicted molar refractivity (Wildman–Crippen MR) is 135 cm³/mol. The monoisotopic (exact) mass is 523 g/mol. The number of anilines is 1. The van der Waals surface area contributed by atoms with Crippen molar-refractivity contribution in [2.24, 2.45) is 0 Å². The summed E-state index contributed by atoms with van der Waals surface area (Å²) in [4.78, 5) is 12.9. The van der Waals surface area contributed by atoms with Gasteiger partial charge < -0.3 is 10.1 Å². The van der Waals surface area contributed by atoms with Crippen molar-refractivity contribution in [2.75, 3.05) is 5.32 Å². The zero-order valence-corrected chi connectivity index (χ0v) is 20.7. The second-order valence-electron chi connectivity index (χ2n) is 7.67. The van der Waals surface area contributed by atoms with Crippen molar-refractivity contribution in [1.29, 1.82) is 0 Å². The lowest BCUT2D eigenvalue weighted by Gasteiger charge is -2.10. The van der Waals surface area contributed by atoms with E-state index in [0.717, 1.165) is 32.7 Å². The van der Waals surface area contributed by atoms with Gasteiger partial charge in [-0.05, 0) is 71.2 Å². The van der Waals surface area contributed by atoms with Crippen LogP contribution in [0.15, 0.2) is 77.3 Å². The summed E-state index contributed by atoms with van der Waals surface area (Å²) in [5, 5.41) is 8.29. The fourth-order valence-electron chi connectivity index (χ4n) is 3.48. The van der Waals surface area contributed by atoms with Crippen LogP contribution in [0.5, 0.6) is 5.75 Å². The molecule has 4 rings (SSSR count). The number of carbonyl (C=O) groups is 1. The molecule has 4 aromatic rings. The molecule has 1 heterocycles. The van der Waals surface area contributed by atoms with E-state index >= 15 is 0 Å². The van der Waals surface area contributed by atoms with Crippen LogP contribution >= 0.6 is 27.5 Å². The zero-order chi connectivity index (χ0) is 23.4. The van der Waals surface area contributed by atoms with Crippen molar-refractivity contribution in [3.8, 4) is 5.75 Å². The van der Waals surface area contributed by atoms with Gasteiger partial charge in [-0.2, -0.15) is 5.10 Å². The molecule has 3 aromatic carbocycles. The van der Waals surface area contributed by atoms with E-state index in [-0.39, 0.29) is 5.91 Å². The van der Waals surface area contributed by atoms with Gasteiger partial charge >= 0.3 is 0 Å². The lowest BCUT2D eigenvalue weighted by Crippen LogP contribution is -2.13. The largest absolute Gasteiger partial charge is 0.488 e. The van der Waals surface area contributed by atoms with Crippen LogP contribution in [-0.4, -0.2) is 15.7 Å². The number of benzene rings is 3. The molecule has 0 aliphatic rings. The van der Waals surface area contributed by atoms with Crippen molar-refractivity contribution < 1.29 is 9.53 Å². The third-order valence-electron chi connectivity index (χ3n) is 5.35. The van der Waals surface area contributed by atoms with E-state index in [1.54, 1.807) is 12.1 Å². The van der Waals surface area contributed by atoms with Gasteiger partial charge in [0, 0.05) is 10.6 Å². The van der Waals surface area contributed by atoms with Gasteiger partial charge in [-0.3, -0.25) is 9.48 Å². The van der Waals surface area contributed by atoms with E-state index in [1.807, 2.05) is 79.2 Å². The third-order valence-corrected chi connectivity index (χ3v) is 6.37. The average molecular weight is 525 g/mol. The number of aryl methyl sites for hydroxylation is 1. The molecule has 33 heavy (non-hydrogen) atoms. The summed E-state index contributed by atoms with van der Waals surface area (Å²) in [7, 11) is 0. The minimum absolute atomic E-state index is 0.184. The number of nitrogens with zero attached hydrogens (tertiary/aromatic N) is 2. The molecule has 0 aliphatic carbocycles. The Balaban J connectivity index is 1.42. The molecule has 0 atom stereocenters. The van der Waals surface area contributed by atoms with Gasteiger partial charge in [0.2, 0.25) is 0 Å². The lowest BCUT2D eigenvalue weighted by molar-refractivity contribution is 0.102. The minimum Gasteiger partial charge on any atom is -0.488 e. The number of aromatic nitrogens is 2. The molecule has 5 nitrogen and oxygen atoms in total. The summed E-state index contributed by atoms with van der Waals surface area (Å²) in [5.41, 5.74) is 4.86. The second-order valence-corrected chi connectivity index (χ2v) is 8.93. The number of rotatable bonds is 7. The number of halogens is 2. The summed E-state index contributed by atoms with van der Waals surface area (Å²) >= 11 is 9.77. The first-order chi connectivity index (χ1) is 15.9. The molecule has 0 bridgehead atoms. The van der Waals surface area contributed by atoms with E-state index in [2.05, 4.69) is 26.3 Å². The molecule has 0 saturated carbocycles. The Bertz CT molecular complexity index is 1290. The topological polar surface area (TPSA) is 56.2 Å². The Morgan fingerprint density at radius 2 is 1.73 bits per heavy atom. The van der Waals surface area contributed by atoms with E-state index < -0.39 is 0 Å². The van der Waals surface area contributed by atoms with E-state index in [9.17, 15) is 4.79 Å². The van der Waals surface area contributed by atoms with Gasteiger partial charge in [0.1, 0.15) is 12.4 Å². The Morgan fingerprint density at radius 1 is 1.03 bits per heavy atom. The van der Waals surface area contributed by atoms with Crippen LogP contribution in [0.3, 0.4) is 0 Å². The second kappa shape index (κ2) is 10.2. The Morgan fingerprint density at radius 3 is 2.45 bits per heavy atom. The van der Waals surface area contributed by atoms with Gasteiger partial charge in [-0.1, -0.05) is 54.1 Å². The van der Waals surface area contributed by atoms with Gasteiger partial charge in [0.25, 0.3) is 5.91 Å². The Labute approximate surface area is 206 Å². The summed E-state index contributed by atoms with van der Waals surface area (Å²) in [6.45, 7) is 4.77. The number of hydrogen-bond acceptors (Lipinski definition) is 3. The average Bonchev–Trinajstić information content (AvgIpc) is 3.07. The first-order valence-corrected chi connectivity index (χ1v) is 11.6. The highest BCUT2D eigenvalue weighted by Crippen LogP contribution is 2.25. The first kappa shape index (κ1) is 23.1. The zero-order valence-electron chi connectivity index (χ0n) is 18.3. The first-order valence-electron chi connectivity index (χ1n) is 10.5. The van der Waals surface area contributed by atoms with E-state index in [0.29, 0.717) is 29.4 Å². The van der Waals surface area contributed by atoms with Crippen LogP contribution in [0, 0.1) is 13.8 Å². The smallest absolute Gasteiger partial charge is 0.255 e. The molecule has 0 saturated heterocycles. The fourth-order valence-corrected chi connectivity index (χ4v) is 4.08. The quantitative estimate of drug-likeness (QED) is 0.289. The molecule has 168 valence electrons. The van der Waals surface area contributed by atoms with Crippen LogP contribution in [0.1, 0.15) is 32.9 Å². The standard InChI is InChI=1S/C26H23BrClN3O2/c1-17-25(18(2)31(30-17)15-21-7-3-5-9-23(21)28)29-26(32)20-13-11-19(12-14-20)16-33-24-10-6-4-8-22(24)27/h3-14H,15-16H2,1-2H3,(H,29,32). The molecular weight excluding hydrogens is 502 g/mol. The molecule has 0 unspecified atom stereocenters. The molecule has 1 N–H and O–H groups in total. The fraction of sp³-hybridized carbons (Fsp3) is 0.154. The number of para-hydroxylation sites is 1. The molecule has 1 amide bonds. The van der Waals surface area contributed by atoms with Gasteiger partial charge in [-0.25, -0.2) is 0 Å². The number of carbonyl (C=O) groups excluding carboxylic acids is 1. The maximum atomic E-state index is 12.9. The molecule has 0 fully saturated rings. The van der Waals surface area contributed by atoms with Gasteiger partial charge in [0.05, 0.1) is 28.1 Å². The van der Waals surface area contributed by atoms with Crippen molar-refractivity contribution in [1.82, 2.24) is 9.78 Å². The van der Waals surface area contributed by atoms with Gasteiger partial charge in [-0.15, -0.1) is 0 Å². The van der Waals surface area contributed by atoms with Crippen molar-refractivity contribution in [2.45, 2.75) is 27.0 Å². The Kier molecular flexibility index (Phi) is 7.16. The summed E-state index contributed by atoms with van der Waals surface area (Å²) in [6.07, 6.45) is 0. The Hall–Kier alpha value is -3.09. The molecule has 0 spiro atoms. The highest BCUT2D eigenvalue weighted by molar-refractivity contribution is 9.10. The van der Waals surface area contributed by atoms with E-state index in [1.165, 1.54) is 0 Å². The number of amides is 1. The number of ether oxygens (including phenoxy) is 1. The van der Waals surface area contributed by atoms with Crippen molar-refractivity contribution in [3.05, 3.63) is 110 Å². The normalized spacial score (nSPS) is 10.8. The van der Waals surface area contributed by atoms with E-state index in [4.69, 9.17) is 16.3 Å². The minimum atomic E-state index is -0.184. The molecule has 7 heteroatoms. The molecular formula is C26H23BrClN3O2. The van der Waals surface area contributed by atoms with Crippen LogP contribution in [-0.2, 0) is 13.2 Å². The lowest BCUT2D eigenvalue weighted by atomic mass is 10.1. The highest BCUT2D eigenvalue weighted by atomic mass is 79.9. The number of nitrogens with one attached hydrogen (secondary N) is 1. The van der Waals surface area contributed by atoms with Crippen LogP contribution in [0.2, 0.25) is 5.02 Å².